The monoisotopic (exact) mass is 219 g/mol. The highest BCUT2D eigenvalue weighted by molar-refractivity contribution is 6.18. The molecule has 2 bridgehead atoms. The first-order valence-electron chi connectivity index (χ1n) is 6.28. The Labute approximate surface area is 95.3 Å². The van der Waals surface area contributed by atoms with Gasteiger partial charge < -0.3 is 0 Å². The second kappa shape index (κ2) is 3.19. The number of hydrogen-bond donors (Lipinski definition) is 1. The van der Waals surface area contributed by atoms with Gasteiger partial charge in [-0.05, 0) is 31.6 Å². The van der Waals surface area contributed by atoms with Crippen molar-refractivity contribution in [2.45, 2.75) is 45.4 Å². The van der Waals surface area contributed by atoms with Crippen LogP contribution in [0.1, 0.15) is 45.4 Å². The Hall–Kier alpha value is -1.12. The van der Waals surface area contributed by atoms with Gasteiger partial charge in [0.05, 0.1) is 5.41 Å². The molecule has 0 spiro atoms. The summed E-state index contributed by atoms with van der Waals surface area (Å²) in [4.78, 5) is 24.0. The lowest BCUT2D eigenvalue weighted by Crippen LogP contribution is -2.37. The molecule has 0 radical (unpaired) electrons. The fourth-order valence-corrected chi connectivity index (χ4v) is 3.85. The van der Waals surface area contributed by atoms with Crippen molar-refractivity contribution in [1.29, 1.82) is 0 Å². The van der Waals surface area contributed by atoms with Gasteiger partial charge in [0.25, 0.3) is 5.91 Å². The van der Waals surface area contributed by atoms with Crippen LogP contribution in [-0.4, -0.2) is 11.8 Å². The number of carbonyl (C=O) groups is 2. The van der Waals surface area contributed by atoms with Gasteiger partial charge in [0, 0.05) is 5.57 Å². The number of unbranched alkanes of at least 4 members (excludes halogenated alkanes) is 1. The van der Waals surface area contributed by atoms with E-state index >= 15 is 0 Å². The molecule has 86 valence electrons. The Balaban J connectivity index is 2.06. The van der Waals surface area contributed by atoms with Crippen molar-refractivity contribution in [3.63, 3.8) is 0 Å². The zero-order chi connectivity index (χ0) is 11.3. The van der Waals surface area contributed by atoms with Crippen LogP contribution in [0.2, 0.25) is 0 Å². The van der Waals surface area contributed by atoms with Crippen LogP contribution < -0.4 is 5.32 Å². The van der Waals surface area contributed by atoms with E-state index in [1.54, 1.807) is 0 Å². The number of fused-ring (bicyclic) bond motifs is 4. The molecule has 2 unspecified atom stereocenters. The fourth-order valence-electron chi connectivity index (χ4n) is 3.85. The first-order valence-corrected chi connectivity index (χ1v) is 6.28. The zero-order valence-electron chi connectivity index (χ0n) is 9.64. The van der Waals surface area contributed by atoms with Crippen molar-refractivity contribution in [2.24, 2.45) is 11.3 Å². The highest BCUT2D eigenvalue weighted by Crippen LogP contribution is 2.60. The van der Waals surface area contributed by atoms with Gasteiger partial charge >= 0.3 is 0 Å². The van der Waals surface area contributed by atoms with Crippen LogP contribution in [0, 0.1) is 11.3 Å². The van der Waals surface area contributed by atoms with E-state index in [0.717, 1.165) is 44.1 Å². The second-order valence-corrected chi connectivity index (χ2v) is 5.28. The summed E-state index contributed by atoms with van der Waals surface area (Å²) < 4.78 is 0. The second-order valence-electron chi connectivity index (χ2n) is 5.28. The molecule has 0 aromatic carbocycles. The minimum Gasteiger partial charge on any atom is -0.292 e. The summed E-state index contributed by atoms with van der Waals surface area (Å²) in [7, 11) is 0. The Morgan fingerprint density at radius 1 is 1.44 bits per heavy atom. The highest BCUT2D eigenvalue weighted by Gasteiger charge is 2.61. The Kier molecular flexibility index (Phi) is 2.00. The van der Waals surface area contributed by atoms with Gasteiger partial charge in [-0.15, -0.1) is 0 Å². The van der Waals surface area contributed by atoms with Crippen LogP contribution in [-0.2, 0) is 9.59 Å². The van der Waals surface area contributed by atoms with Gasteiger partial charge in [0.2, 0.25) is 5.91 Å². The SMILES string of the molecule is CCCCC12C(=O)NC(=O)C1=C1CCC2C1. The molecule has 2 amide bonds. The minimum atomic E-state index is -0.416. The molecule has 1 saturated heterocycles. The Morgan fingerprint density at radius 3 is 3.00 bits per heavy atom. The van der Waals surface area contributed by atoms with Gasteiger partial charge in [0.1, 0.15) is 0 Å². The number of amides is 2. The summed E-state index contributed by atoms with van der Waals surface area (Å²) in [6.07, 6.45) is 6.12. The lowest BCUT2D eigenvalue weighted by molar-refractivity contribution is -0.130. The average molecular weight is 219 g/mol. The van der Waals surface area contributed by atoms with E-state index in [0.29, 0.717) is 5.92 Å². The van der Waals surface area contributed by atoms with Crippen LogP contribution in [0.25, 0.3) is 0 Å². The molecule has 2 fully saturated rings. The highest BCUT2D eigenvalue weighted by atomic mass is 16.2. The predicted octanol–water partition coefficient (Wildman–Crippen LogP) is 1.93. The van der Waals surface area contributed by atoms with Crippen molar-refractivity contribution in [2.75, 3.05) is 0 Å². The largest absolute Gasteiger partial charge is 0.292 e. The van der Waals surface area contributed by atoms with E-state index in [1.165, 1.54) is 5.57 Å². The molecule has 1 heterocycles. The summed E-state index contributed by atoms with van der Waals surface area (Å²) in [5.74, 6) is 0.300. The average Bonchev–Trinajstić information content (AvgIpc) is 2.89. The maximum atomic E-state index is 12.1. The number of allylic oxidation sites excluding steroid dienone is 1. The molecular formula is C13H17NO2. The maximum Gasteiger partial charge on any atom is 0.254 e. The smallest absolute Gasteiger partial charge is 0.254 e. The predicted molar refractivity (Wildman–Crippen MR) is 59.5 cm³/mol. The quantitative estimate of drug-likeness (QED) is 0.737. The normalized spacial score (nSPS) is 35.9. The third-order valence-electron chi connectivity index (χ3n) is 4.57. The molecule has 1 saturated carbocycles. The summed E-state index contributed by atoms with van der Waals surface area (Å²) in [5, 5.41) is 2.53. The van der Waals surface area contributed by atoms with Crippen LogP contribution >= 0.6 is 0 Å². The van der Waals surface area contributed by atoms with Crippen LogP contribution in [0.4, 0.5) is 0 Å². The molecular weight excluding hydrogens is 202 g/mol. The zero-order valence-corrected chi connectivity index (χ0v) is 9.64. The van der Waals surface area contributed by atoms with Crippen molar-refractivity contribution < 1.29 is 9.59 Å². The lowest BCUT2D eigenvalue weighted by atomic mass is 9.69. The third-order valence-corrected chi connectivity index (χ3v) is 4.57. The topological polar surface area (TPSA) is 46.2 Å². The number of carbonyl (C=O) groups excluding carboxylic acids is 2. The summed E-state index contributed by atoms with van der Waals surface area (Å²) in [6.45, 7) is 2.13. The van der Waals surface area contributed by atoms with Gasteiger partial charge in [-0.3, -0.25) is 14.9 Å². The third kappa shape index (κ3) is 0.989. The van der Waals surface area contributed by atoms with E-state index in [9.17, 15) is 9.59 Å². The van der Waals surface area contributed by atoms with E-state index in [1.807, 2.05) is 0 Å². The molecule has 2 aliphatic carbocycles. The lowest BCUT2D eigenvalue weighted by Gasteiger charge is -2.31. The molecule has 3 aliphatic rings. The number of imide groups is 1. The molecule has 1 aliphatic heterocycles. The number of rotatable bonds is 3. The van der Waals surface area contributed by atoms with E-state index in [4.69, 9.17) is 0 Å². The Bertz CT molecular complexity index is 410. The van der Waals surface area contributed by atoms with E-state index in [2.05, 4.69) is 12.2 Å². The molecule has 0 aromatic rings. The molecule has 3 heteroatoms. The molecule has 1 N–H and O–H groups in total. The fraction of sp³-hybridized carbons (Fsp3) is 0.692. The van der Waals surface area contributed by atoms with Gasteiger partial charge in [-0.1, -0.05) is 25.3 Å². The summed E-state index contributed by atoms with van der Waals surface area (Å²) >= 11 is 0. The maximum absolute atomic E-state index is 12.1. The van der Waals surface area contributed by atoms with Crippen molar-refractivity contribution in [1.82, 2.24) is 5.32 Å². The van der Waals surface area contributed by atoms with Crippen molar-refractivity contribution in [3.8, 4) is 0 Å². The Morgan fingerprint density at radius 2 is 2.25 bits per heavy atom. The molecule has 3 rings (SSSR count). The van der Waals surface area contributed by atoms with Crippen LogP contribution in [0.5, 0.6) is 0 Å². The molecule has 2 atom stereocenters. The first-order chi connectivity index (χ1) is 7.70. The van der Waals surface area contributed by atoms with E-state index in [-0.39, 0.29) is 11.8 Å². The summed E-state index contributed by atoms with van der Waals surface area (Å²) in [5.41, 5.74) is 1.72. The first kappa shape index (κ1) is 10.1. The van der Waals surface area contributed by atoms with Gasteiger partial charge in [0.15, 0.2) is 0 Å². The van der Waals surface area contributed by atoms with Crippen molar-refractivity contribution in [3.05, 3.63) is 11.1 Å². The van der Waals surface area contributed by atoms with Crippen LogP contribution in [0.3, 0.4) is 0 Å². The van der Waals surface area contributed by atoms with Gasteiger partial charge in [-0.25, -0.2) is 0 Å². The van der Waals surface area contributed by atoms with Crippen molar-refractivity contribution >= 4 is 11.8 Å². The standard InChI is InChI=1S/C13H17NO2/c1-2-3-6-13-9-5-4-8(7-9)10(13)11(15)14-12(13)16/h9H,2-7H2,1H3,(H,14,15,16). The van der Waals surface area contributed by atoms with Crippen LogP contribution in [0.15, 0.2) is 11.1 Å². The summed E-state index contributed by atoms with van der Waals surface area (Å²) in [6, 6.07) is 0. The number of nitrogens with one attached hydrogen (secondary N) is 1. The molecule has 0 aromatic heterocycles. The van der Waals surface area contributed by atoms with E-state index < -0.39 is 5.41 Å². The molecule has 16 heavy (non-hydrogen) atoms. The minimum absolute atomic E-state index is 0.0133. The van der Waals surface area contributed by atoms with Gasteiger partial charge in [-0.2, -0.15) is 0 Å². The molecule has 3 nitrogen and oxygen atoms in total. The number of hydrogen-bond acceptors (Lipinski definition) is 2.